The summed E-state index contributed by atoms with van der Waals surface area (Å²) in [5.74, 6) is 2.34. The first-order chi connectivity index (χ1) is 9.24. The zero-order valence-corrected chi connectivity index (χ0v) is 11.5. The minimum Gasteiger partial charge on any atom is -0.497 e. The summed E-state index contributed by atoms with van der Waals surface area (Å²) in [6, 6.07) is 9.13. The molecule has 0 atom stereocenters. The van der Waals surface area contributed by atoms with E-state index in [-0.39, 0.29) is 6.10 Å². The molecule has 0 saturated heterocycles. The lowest BCUT2D eigenvalue weighted by Crippen LogP contribution is -2.45. The first kappa shape index (κ1) is 12.9. The van der Waals surface area contributed by atoms with E-state index >= 15 is 0 Å². The van der Waals surface area contributed by atoms with Gasteiger partial charge in [0.05, 0.1) is 13.2 Å². The molecule has 2 saturated carbocycles. The van der Waals surface area contributed by atoms with Gasteiger partial charge in [-0.3, -0.25) is 0 Å². The Bertz CT molecular complexity index is 405. The number of methoxy groups -OCH3 is 1. The molecule has 2 aliphatic rings. The summed E-state index contributed by atoms with van der Waals surface area (Å²) in [6.07, 6.45) is 4.42. The lowest BCUT2D eigenvalue weighted by molar-refractivity contribution is 0.0400. The molecule has 0 unspecified atom stereocenters. The van der Waals surface area contributed by atoms with Crippen molar-refractivity contribution in [1.29, 1.82) is 0 Å². The van der Waals surface area contributed by atoms with Gasteiger partial charge < -0.3 is 15.2 Å². The van der Waals surface area contributed by atoms with E-state index in [0.29, 0.717) is 17.9 Å². The number of ether oxygens (including phenoxy) is 1. The number of aliphatic hydroxyl groups is 1. The molecule has 1 aromatic rings. The highest BCUT2D eigenvalue weighted by atomic mass is 16.5. The molecule has 19 heavy (non-hydrogen) atoms. The molecule has 0 spiro atoms. The van der Waals surface area contributed by atoms with Gasteiger partial charge in [0, 0.05) is 6.04 Å². The van der Waals surface area contributed by atoms with Gasteiger partial charge >= 0.3 is 0 Å². The van der Waals surface area contributed by atoms with Crippen LogP contribution in [-0.2, 0) is 0 Å². The molecule has 3 rings (SSSR count). The van der Waals surface area contributed by atoms with Crippen molar-refractivity contribution in [1.82, 2.24) is 5.32 Å². The summed E-state index contributed by atoms with van der Waals surface area (Å²) in [7, 11) is 1.70. The van der Waals surface area contributed by atoms with Gasteiger partial charge in [0.25, 0.3) is 0 Å². The van der Waals surface area contributed by atoms with Gasteiger partial charge in [-0.05, 0) is 61.8 Å². The molecule has 104 valence electrons. The third kappa shape index (κ3) is 2.93. The zero-order chi connectivity index (χ0) is 13.2. The van der Waals surface area contributed by atoms with E-state index < -0.39 is 0 Å². The Morgan fingerprint density at radius 3 is 2.42 bits per heavy atom. The fourth-order valence-electron chi connectivity index (χ4n) is 3.13. The van der Waals surface area contributed by atoms with Crippen LogP contribution in [0.3, 0.4) is 0 Å². The third-order valence-corrected chi connectivity index (χ3v) is 4.63. The molecule has 0 aliphatic heterocycles. The van der Waals surface area contributed by atoms with Crippen LogP contribution in [-0.4, -0.2) is 30.9 Å². The van der Waals surface area contributed by atoms with Crippen molar-refractivity contribution in [3.63, 3.8) is 0 Å². The third-order valence-electron chi connectivity index (χ3n) is 4.63. The molecule has 2 N–H and O–H groups in total. The van der Waals surface area contributed by atoms with Gasteiger partial charge in [0.15, 0.2) is 0 Å². The smallest absolute Gasteiger partial charge is 0.118 e. The van der Waals surface area contributed by atoms with Crippen LogP contribution in [0, 0.1) is 5.92 Å². The van der Waals surface area contributed by atoms with E-state index in [1.807, 2.05) is 12.1 Å². The van der Waals surface area contributed by atoms with E-state index in [2.05, 4.69) is 17.4 Å². The van der Waals surface area contributed by atoms with E-state index in [1.54, 1.807) is 7.11 Å². The van der Waals surface area contributed by atoms with Crippen molar-refractivity contribution in [2.45, 2.75) is 43.7 Å². The maximum atomic E-state index is 9.25. The number of rotatable bonds is 5. The number of nitrogens with one attached hydrogen (secondary N) is 1. The molecule has 2 aliphatic carbocycles. The zero-order valence-electron chi connectivity index (χ0n) is 11.5. The quantitative estimate of drug-likeness (QED) is 0.854. The van der Waals surface area contributed by atoms with Gasteiger partial charge in [-0.25, -0.2) is 0 Å². The first-order valence-electron chi connectivity index (χ1n) is 7.30. The normalized spacial score (nSPS) is 33.4. The molecule has 0 aromatic heterocycles. The maximum Gasteiger partial charge on any atom is 0.118 e. The van der Waals surface area contributed by atoms with Gasteiger partial charge in [-0.2, -0.15) is 0 Å². The molecule has 0 bridgehead atoms. The molecule has 3 nitrogen and oxygen atoms in total. The number of hydrogen-bond acceptors (Lipinski definition) is 3. The second kappa shape index (κ2) is 5.51. The van der Waals surface area contributed by atoms with Crippen LogP contribution in [0.2, 0.25) is 0 Å². The Labute approximate surface area is 115 Å². The van der Waals surface area contributed by atoms with Crippen molar-refractivity contribution in [3.05, 3.63) is 29.8 Å². The van der Waals surface area contributed by atoms with Gasteiger partial charge in [0.1, 0.15) is 5.75 Å². The molecule has 1 aromatic carbocycles. The summed E-state index contributed by atoms with van der Waals surface area (Å²) in [4.78, 5) is 0. The monoisotopic (exact) mass is 261 g/mol. The Balaban J connectivity index is 1.39. The molecule has 0 heterocycles. The predicted molar refractivity (Wildman–Crippen MR) is 75.5 cm³/mol. The second-order valence-corrected chi connectivity index (χ2v) is 6.04. The van der Waals surface area contributed by atoms with Crippen LogP contribution in [0.5, 0.6) is 5.75 Å². The Hall–Kier alpha value is -1.06. The molecule has 3 heteroatoms. The Kier molecular flexibility index (Phi) is 3.76. The first-order valence-corrected chi connectivity index (χ1v) is 7.30. The minimum absolute atomic E-state index is 0.0276. The van der Waals surface area contributed by atoms with Gasteiger partial charge in [-0.15, -0.1) is 0 Å². The second-order valence-electron chi connectivity index (χ2n) is 6.04. The van der Waals surface area contributed by atoms with Crippen LogP contribution in [0.15, 0.2) is 24.3 Å². The number of hydrogen-bond donors (Lipinski definition) is 2. The van der Waals surface area contributed by atoms with E-state index in [1.165, 1.54) is 18.4 Å². The summed E-state index contributed by atoms with van der Waals surface area (Å²) >= 11 is 0. The fourth-order valence-corrected chi connectivity index (χ4v) is 3.13. The van der Waals surface area contributed by atoms with Gasteiger partial charge in [0.2, 0.25) is 0 Å². The van der Waals surface area contributed by atoms with Crippen LogP contribution < -0.4 is 10.1 Å². The van der Waals surface area contributed by atoms with Crippen LogP contribution in [0.25, 0.3) is 0 Å². The summed E-state index contributed by atoms with van der Waals surface area (Å²) < 4.78 is 5.18. The molecule has 2 fully saturated rings. The topological polar surface area (TPSA) is 41.5 Å². The maximum absolute atomic E-state index is 9.25. The molecule has 0 radical (unpaired) electrons. The molecule has 0 amide bonds. The van der Waals surface area contributed by atoms with E-state index in [4.69, 9.17) is 4.74 Å². The average Bonchev–Trinajstić information content (AvgIpc) is 2.35. The molecular formula is C16H23NO2. The Morgan fingerprint density at radius 1 is 1.16 bits per heavy atom. The van der Waals surface area contributed by atoms with Crippen molar-refractivity contribution in [3.8, 4) is 5.75 Å². The van der Waals surface area contributed by atoms with Crippen LogP contribution in [0.4, 0.5) is 0 Å². The summed E-state index contributed by atoms with van der Waals surface area (Å²) in [5.41, 5.74) is 1.43. The molecular weight excluding hydrogens is 238 g/mol. The highest BCUT2D eigenvalue weighted by molar-refractivity contribution is 5.30. The summed E-state index contributed by atoms with van der Waals surface area (Å²) in [6.45, 7) is 1.08. The SMILES string of the molecule is COc1ccc(C2CC(NCC3CC(O)C3)C2)cc1. The van der Waals surface area contributed by atoms with Crippen molar-refractivity contribution < 1.29 is 9.84 Å². The highest BCUT2D eigenvalue weighted by Crippen LogP contribution is 2.38. The van der Waals surface area contributed by atoms with Crippen molar-refractivity contribution in [2.75, 3.05) is 13.7 Å². The van der Waals surface area contributed by atoms with Crippen molar-refractivity contribution >= 4 is 0 Å². The minimum atomic E-state index is -0.0276. The van der Waals surface area contributed by atoms with Crippen molar-refractivity contribution in [2.24, 2.45) is 5.92 Å². The fraction of sp³-hybridized carbons (Fsp3) is 0.625. The lowest BCUT2D eigenvalue weighted by atomic mass is 9.75. The number of benzene rings is 1. The van der Waals surface area contributed by atoms with E-state index in [0.717, 1.165) is 25.1 Å². The largest absolute Gasteiger partial charge is 0.497 e. The average molecular weight is 261 g/mol. The van der Waals surface area contributed by atoms with Crippen LogP contribution in [0.1, 0.15) is 37.2 Å². The summed E-state index contributed by atoms with van der Waals surface area (Å²) in [5, 5.41) is 12.9. The highest BCUT2D eigenvalue weighted by Gasteiger charge is 2.32. The standard InChI is InChI=1S/C16H23NO2/c1-19-16-4-2-12(3-5-16)13-8-14(9-13)17-10-11-6-15(18)7-11/h2-5,11,13-15,17-18H,6-10H2,1H3. The van der Waals surface area contributed by atoms with Gasteiger partial charge in [-0.1, -0.05) is 12.1 Å². The number of aliphatic hydroxyl groups excluding tert-OH is 1. The van der Waals surface area contributed by atoms with E-state index in [9.17, 15) is 5.11 Å². The predicted octanol–water partition coefficient (Wildman–Crippen LogP) is 2.30. The Morgan fingerprint density at radius 2 is 1.84 bits per heavy atom. The van der Waals surface area contributed by atoms with Crippen LogP contribution >= 0.6 is 0 Å². The lowest BCUT2D eigenvalue weighted by Gasteiger charge is -2.39.